The number of benzene rings is 1. The topological polar surface area (TPSA) is 115 Å². The number of aromatic nitrogens is 4. The second kappa shape index (κ2) is 11.8. The van der Waals surface area contributed by atoms with Crippen LogP contribution < -0.4 is 20.3 Å². The van der Waals surface area contributed by atoms with Crippen LogP contribution in [0.1, 0.15) is 12.2 Å². The number of methoxy groups -OCH3 is 1. The Labute approximate surface area is 233 Å². The Morgan fingerprint density at radius 3 is 2.38 bits per heavy atom. The minimum absolute atomic E-state index is 0.106. The molecule has 2 aliphatic heterocycles. The first-order valence-corrected chi connectivity index (χ1v) is 13.8. The van der Waals surface area contributed by atoms with Crippen molar-refractivity contribution < 1.29 is 23.0 Å². The number of anilines is 2. The van der Waals surface area contributed by atoms with E-state index < -0.39 is 18.2 Å². The van der Waals surface area contributed by atoms with Gasteiger partial charge < -0.3 is 29.9 Å². The van der Waals surface area contributed by atoms with E-state index >= 15 is 0 Å². The number of ether oxygens (including phenoxy) is 2. The van der Waals surface area contributed by atoms with Gasteiger partial charge in [0.25, 0.3) is 6.43 Å². The number of hydrogen-bond acceptors (Lipinski definition) is 10. The molecule has 0 spiro atoms. The van der Waals surface area contributed by atoms with Gasteiger partial charge in [-0.2, -0.15) is 9.97 Å². The smallest absolute Gasteiger partial charge is 0.296 e. The lowest BCUT2D eigenvalue weighted by Gasteiger charge is -2.37. The van der Waals surface area contributed by atoms with Gasteiger partial charge in [0.2, 0.25) is 11.9 Å². The zero-order chi connectivity index (χ0) is 27.5. The number of thiocarbonyl (C=S) groups is 1. The molecular weight excluding hydrogens is 550 g/mol. The first kappa shape index (κ1) is 27.3. The first-order chi connectivity index (χ1) is 18.9. The number of nitrogens with zero attached hydrogens (tertiary/aromatic N) is 7. The van der Waals surface area contributed by atoms with E-state index in [-0.39, 0.29) is 11.7 Å². The van der Waals surface area contributed by atoms with Gasteiger partial charge in [-0.25, -0.2) is 13.8 Å². The maximum absolute atomic E-state index is 14.3. The number of halogens is 2. The quantitative estimate of drug-likeness (QED) is 0.416. The van der Waals surface area contributed by atoms with Gasteiger partial charge in [0, 0.05) is 45.3 Å². The fourth-order valence-electron chi connectivity index (χ4n) is 4.58. The molecule has 0 radical (unpaired) electrons. The molecule has 39 heavy (non-hydrogen) atoms. The zero-order valence-corrected chi connectivity index (χ0v) is 22.9. The molecule has 208 valence electrons. The fraction of sp³-hybridized carbons (Fsp3) is 0.458. The van der Waals surface area contributed by atoms with Gasteiger partial charge in [0.05, 0.1) is 31.6 Å². The van der Waals surface area contributed by atoms with Crippen molar-refractivity contribution in [1.29, 1.82) is 0 Å². The number of fused-ring (bicyclic) bond motifs is 1. The Morgan fingerprint density at radius 2 is 1.77 bits per heavy atom. The number of rotatable bonds is 7. The van der Waals surface area contributed by atoms with Crippen LogP contribution in [0, 0.1) is 0 Å². The Morgan fingerprint density at radius 1 is 1.10 bits per heavy atom. The van der Waals surface area contributed by atoms with Crippen LogP contribution in [0.2, 0.25) is 0 Å². The molecule has 11 nitrogen and oxygen atoms in total. The van der Waals surface area contributed by atoms with Crippen LogP contribution in [0.25, 0.3) is 17.0 Å². The van der Waals surface area contributed by atoms with Gasteiger partial charge in [0.15, 0.2) is 5.82 Å². The summed E-state index contributed by atoms with van der Waals surface area (Å²) in [5.74, 6) is 0.987. The average Bonchev–Trinajstić information content (AvgIpc) is 3.36. The summed E-state index contributed by atoms with van der Waals surface area (Å²) in [6.07, 6.45) is -2.86. The third-order valence-electron chi connectivity index (χ3n) is 6.51. The Kier molecular flexibility index (Phi) is 8.28. The number of para-hydroxylation sites is 1. The van der Waals surface area contributed by atoms with Crippen LogP contribution in [0.15, 0.2) is 24.3 Å². The number of morpholine rings is 1. The molecule has 1 aromatic carbocycles. The van der Waals surface area contributed by atoms with E-state index in [0.717, 1.165) is 0 Å². The molecule has 1 amide bonds. The van der Waals surface area contributed by atoms with Crippen molar-refractivity contribution in [3.8, 4) is 11.7 Å². The summed E-state index contributed by atoms with van der Waals surface area (Å²) < 4.78 is 41.3. The molecule has 2 N–H and O–H groups in total. The van der Waals surface area contributed by atoms with Crippen molar-refractivity contribution in [2.75, 3.05) is 75.1 Å². The van der Waals surface area contributed by atoms with Crippen molar-refractivity contribution in [2.45, 2.75) is 6.43 Å². The van der Waals surface area contributed by atoms with Crippen molar-refractivity contribution in [3.05, 3.63) is 30.1 Å². The summed E-state index contributed by atoms with van der Waals surface area (Å²) in [5.41, 5.74) is 5.99. The SMILES string of the molecule is COc1cccc2c1nc(C(F)F)n2-c1nc(N2CCOCC2)cc(N2CCN(C(=S)SCC(N)=O)CC2)n1. The van der Waals surface area contributed by atoms with E-state index in [0.29, 0.717) is 85.2 Å². The molecule has 2 aliphatic rings. The highest BCUT2D eigenvalue weighted by atomic mass is 32.2. The number of thioether (sulfide) groups is 1. The molecule has 0 unspecified atom stereocenters. The van der Waals surface area contributed by atoms with Gasteiger partial charge in [-0.15, -0.1) is 0 Å². The number of amides is 1. The third-order valence-corrected chi connectivity index (χ3v) is 8.06. The minimum atomic E-state index is -2.86. The predicted octanol–water partition coefficient (Wildman–Crippen LogP) is 2.22. The number of nitrogens with two attached hydrogens (primary N) is 1. The van der Waals surface area contributed by atoms with E-state index in [1.54, 1.807) is 18.2 Å². The maximum atomic E-state index is 14.3. The van der Waals surface area contributed by atoms with Gasteiger partial charge in [0.1, 0.15) is 27.2 Å². The normalized spacial score (nSPS) is 16.3. The standard InChI is InChI=1S/C24H28F2N8O3S2/c1-36-16-4-2-3-15-20(16)30-22(21(25)26)34(15)23-28-18(13-19(29-23)32-9-11-37-12-10-32)31-5-7-33(8-6-31)24(38)39-14-17(27)35/h2-4,13,21H,5-12,14H2,1H3,(H2,27,35). The molecule has 2 fully saturated rings. The Balaban J connectivity index is 1.52. The number of piperazine rings is 1. The molecule has 0 saturated carbocycles. The lowest BCUT2D eigenvalue weighted by atomic mass is 10.3. The maximum Gasteiger partial charge on any atom is 0.296 e. The number of alkyl halides is 2. The van der Waals surface area contributed by atoms with Crippen LogP contribution in [0.4, 0.5) is 20.4 Å². The number of primary amides is 1. The van der Waals surface area contributed by atoms with Crippen molar-refractivity contribution in [1.82, 2.24) is 24.4 Å². The first-order valence-electron chi connectivity index (χ1n) is 12.4. The van der Waals surface area contributed by atoms with E-state index in [4.69, 9.17) is 37.4 Å². The Hall–Kier alpha value is -3.30. The lowest BCUT2D eigenvalue weighted by molar-refractivity contribution is -0.115. The average molecular weight is 579 g/mol. The zero-order valence-electron chi connectivity index (χ0n) is 21.3. The van der Waals surface area contributed by atoms with E-state index in [1.165, 1.54) is 23.4 Å². The monoisotopic (exact) mass is 578 g/mol. The van der Waals surface area contributed by atoms with Gasteiger partial charge in [-0.05, 0) is 12.1 Å². The van der Waals surface area contributed by atoms with Crippen LogP contribution in [-0.4, -0.2) is 100.0 Å². The lowest BCUT2D eigenvalue weighted by Crippen LogP contribution is -2.48. The molecule has 2 saturated heterocycles. The second-order valence-electron chi connectivity index (χ2n) is 8.91. The van der Waals surface area contributed by atoms with Crippen LogP contribution in [-0.2, 0) is 9.53 Å². The van der Waals surface area contributed by atoms with Gasteiger partial charge in [-0.1, -0.05) is 30.0 Å². The summed E-state index contributed by atoms with van der Waals surface area (Å²) >= 11 is 6.71. The molecule has 0 bridgehead atoms. The number of hydrogen-bond donors (Lipinski definition) is 1. The Bertz CT molecular complexity index is 1360. The van der Waals surface area contributed by atoms with E-state index in [1.807, 2.05) is 11.0 Å². The van der Waals surface area contributed by atoms with Crippen molar-refractivity contribution in [3.63, 3.8) is 0 Å². The number of carbonyl (C=O) groups excluding carboxylic acids is 1. The minimum Gasteiger partial charge on any atom is -0.494 e. The predicted molar refractivity (Wildman–Crippen MR) is 149 cm³/mol. The highest BCUT2D eigenvalue weighted by Crippen LogP contribution is 2.33. The van der Waals surface area contributed by atoms with E-state index in [2.05, 4.69) is 14.8 Å². The largest absolute Gasteiger partial charge is 0.494 e. The number of imidazole rings is 1. The molecule has 3 aromatic rings. The summed E-state index contributed by atoms with van der Waals surface area (Å²) in [4.78, 5) is 31.0. The molecule has 4 heterocycles. The molecule has 0 aliphatic carbocycles. The number of carbonyl (C=O) groups is 1. The summed E-state index contributed by atoms with van der Waals surface area (Å²) in [6, 6.07) is 6.98. The van der Waals surface area contributed by atoms with Gasteiger partial charge in [-0.3, -0.25) is 9.36 Å². The van der Waals surface area contributed by atoms with Gasteiger partial charge >= 0.3 is 0 Å². The molecule has 5 rings (SSSR count). The fourth-order valence-corrected chi connectivity index (χ4v) is 5.57. The van der Waals surface area contributed by atoms with Crippen LogP contribution >= 0.6 is 24.0 Å². The summed E-state index contributed by atoms with van der Waals surface area (Å²) in [7, 11) is 1.47. The van der Waals surface area contributed by atoms with Crippen molar-refractivity contribution in [2.24, 2.45) is 5.73 Å². The summed E-state index contributed by atoms with van der Waals surface area (Å²) in [6.45, 7) is 4.74. The van der Waals surface area contributed by atoms with Crippen LogP contribution in [0.5, 0.6) is 5.75 Å². The highest BCUT2D eigenvalue weighted by Gasteiger charge is 2.27. The van der Waals surface area contributed by atoms with Crippen LogP contribution in [0.3, 0.4) is 0 Å². The highest BCUT2D eigenvalue weighted by molar-refractivity contribution is 8.23. The molecule has 15 heteroatoms. The molecular formula is C24H28F2N8O3S2. The molecule has 2 aromatic heterocycles. The third kappa shape index (κ3) is 5.84. The summed E-state index contributed by atoms with van der Waals surface area (Å²) in [5, 5.41) is 0. The molecule has 0 atom stereocenters. The van der Waals surface area contributed by atoms with E-state index in [9.17, 15) is 13.6 Å². The van der Waals surface area contributed by atoms with Crippen molar-refractivity contribution >= 4 is 56.9 Å². The second-order valence-corrected chi connectivity index (χ2v) is 10.5.